The van der Waals surface area contributed by atoms with Gasteiger partial charge in [-0.1, -0.05) is 29.8 Å². The van der Waals surface area contributed by atoms with Gasteiger partial charge in [-0.25, -0.2) is 4.98 Å². The number of nitrogens with zero attached hydrogens (tertiary/aromatic N) is 2. The number of likely N-dealkylation sites (tertiary alicyclic amines) is 1. The molecule has 1 aliphatic rings. The molecule has 0 aliphatic carbocycles. The summed E-state index contributed by atoms with van der Waals surface area (Å²) in [6.45, 7) is 5.44. The van der Waals surface area contributed by atoms with Crippen LogP contribution in [0, 0.1) is 19.8 Å². The van der Waals surface area contributed by atoms with Crippen molar-refractivity contribution in [3.05, 3.63) is 51.5 Å². The average molecular weight is 343 g/mol. The number of aromatic nitrogens is 1. The van der Waals surface area contributed by atoms with Gasteiger partial charge in [0.25, 0.3) is 0 Å². The minimum atomic E-state index is -0.274. The number of carbonyl (C=O) groups is 2. The molecule has 1 aliphatic heterocycles. The van der Waals surface area contributed by atoms with Crippen molar-refractivity contribution in [2.45, 2.75) is 33.4 Å². The maximum absolute atomic E-state index is 12.3. The number of hydrogen-bond donors (Lipinski definition) is 1. The van der Waals surface area contributed by atoms with Crippen molar-refractivity contribution in [3.8, 4) is 0 Å². The van der Waals surface area contributed by atoms with E-state index in [9.17, 15) is 9.59 Å². The van der Waals surface area contributed by atoms with Crippen LogP contribution in [0.25, 0.3) is 0 Å². The van der Waals surface area contributed by atoms with E-state index < -0.39 is 0 Å². The van der Waals surface area contributed by atoms with Crippen LogP contribution in [0.4, 0.5) is 0 Å². The van der Waals surface area contributed by atoms with Crippen LogP contribution < -0.4 is 5.32 Å². The highest BCUT2D eigenvalue weighted by Crippen LogP contribution is 2.21. The third-order valence-electron chi connectivity index (χ3n) is 4.16. The molecule has 1 saturated heterocycles. The van der Waals surface area contributed by atoms with Gasteiger partial charge in [0.2, 0.25) is 11.8 Å². The number of rotatable bonds is 5. The van der Waals surface area contributed by atoms with Crippen molar-refractivity contribution in [2.24, 2.45) is 5.92 Å². The predicted molar refractivity (Wildman–Crippen MR) is 93.4 cm³/mol. The average Bonchev–Trinajstić information content (AvgIpc) is 3.13. The van der Waals surface area contributed by atoms with Gasteiger partial charge in [0.15, 0.2) is 0 Å². The largest absolute Gasteiger partial charge is 0.349 e. The van der Waals surface area contributed by atoms with Crippen LogP contribution in [0.5, 0.6) is 0 Å². The van der Waals surface area contributed by atoms with Gasteiger partial charge in [-0.05, 0) is 19.4 Å². The second kappa shape index (κ2) is 7.13. The molecular weight excluding hydrogens is 322 g/mol. The van der Waals surface area contributed by atoms with Crippen LogP contribution in [0.15, 0.2) is 29.6 Å². The molecule has 5 nitrogen and oxygen atoms in total. The summed E-state index contributed by atoms with van der Waals surface area (Å²) in [6.07, 6.45) is 0.286. The van der Waals surface area contributed by atoms with Gasteiger partial charge >= 0.3 is 0 Å². The molecule has 3 rings (SSSR count). The van der Waals surface area contributed by atoms with E-state index in [0.29, 0.717) is 19.6 Å². The Bertz CT molecular complexity index is 739. The van der Waals surface area contributed by atoms with Crippen molar-refractivity contribution in [3.63, 3.8) is 0 Å². The Morgan fingerprint density at radius 1 is 1.33 bits per heavy atom. The van der Waals surface area contributed by atoms with Gasteiger partial charge < -0.3 is 10.2 Å². The maximum Gasteiger partial charge on any atom is 0.225 e. The Balaban J connectivity index is 1.53. The molecule has 0 saturated carbocycles. The smallest absolute Gasteiger partial charge is 0.225 e. The lowest BCUT2D eigenvalue weighted by atomic mass is 10.1. The summed E-state index contributed by atoms with van der Waals surface area (Å²) in [5.41, 5.74) is 3.25. The molecule has 1 atom stereocenters. The van der Waals surface area contributed by atoms with Gasteiger partial charge in [-0.15, -0.1) is 11.3 Å². The van der Waals surface area contributed by atoms with Crippen LogP contribution in [-0.2, 0) is 22.7 Å². The van der Waals surface area contributed by atoms with Crippen molar-refractivity contribution < 1.29 is 9.59 Å². The predicted octanol–water partition coefficient (Wildman–Crippen LogP) is 2.42. The molecule has 0 unspecified atom stereocenters. The van der Waals surface area contributed by atoms with E-state index in [-0.39, 0.29) is 24.2 Å². The van der Waals surface area contributed by atoms with Crippen molar-refractivity contribution in [1.82, 2.24) is 15.2 Å². The topological polar surface area (TPSA) is 62.3 Å². The molecule has 1 fully saturated rings. The van der Waals surface area contributed by atoms with E-state index in [4.69, 9.17) is 0 Å². The lowest BCUT2D eigenvalue weighted by Crippen LogP contribution is -2.32. The summed E-state index contributed by atoms with van der Waals surface area (Å²) in [5, 5.41) is 5.75. The van der Waals surface area contributed by atoms with Crippen LogP contribution in [-0.4, -0.2) is 28.2 Å². The quantitative estimate of drug-likeness (QED) is 0.907. The summed E-state index contributed by atoms with van der Waals surface area (Å²) in [4.78, 5) is 30.6. The van der Waals surface area contributed by atoms with E-state index in [0.717, 1.165) is 16.3 Å². The summed E-state index contributed by atoms with van der Waals surface area (Å²) >= 11 is 1.53. The molecule has 1 aromatic carbocycles. The lowest BCUT2D eigenvalue weighted by Gasteiger charge is -2.16. The molecule has 6 heteroatoms. The standard InChI is InChI=1S/C18H21N3O2S/c1-12-3-5-14(6-4-12)9-21-10-15(7-17(21)22)18(23)19-8-16-20-13(2)11-24-16/h3-6,11,15H,7-10H2,1-2H3,(H,19,23)/t15-/m0/s1. The van der Waals surface area contributed by atoms with Crippen molar-refractivity contribution >= 4 is 23.2 Å². The lowest BCUT2D eigenvalue weighted by molar-refractivity contribution is -0.129. The Morgan fingerprint density at radius 3 is 2.75 bits per heavy atom. The first kappa shape index (κ1) is 16.6. The van der Waals surface area contributed by atoms with Gasteiger partial charge in [-0.2, -0.15) is 0 Å². The first-order valence-corrected chi connectivity index (χ1v) is 8.91. The SMILES string of the molecule is Cc1ccc(CN2C[C@@H](C(=O)NCc3nc(C)cs3)CC2=O)cc1. The Hall–Kier alpha value is -2.21. The maximum atomic E-state index is 12.3. The number of thiazole rings is 1. The molecular formula is C18H21N3O2S. The minimum absolute atomic E-state index is 0.0424. The first-order valence-electron chi connectivity index (χ1n) is 8.03. The molecule has 0 radical (unpaired) electrons. The zero-order valence-electron chi connectivity index (χ0n) is 13.9. The Kier molecular flexibility index (Phi) is 4.94. The van der Waals surface area contributed by atoms with E-state index in [1.807, 2.05) is 43.5 Å². The number of benzene rings is 1. The Morgan fingerprint density at radius 2 is 2.08 bits per heavy atom. The summed E-state index contributed by atoms with van der Waals surface area (Å²) in [6, 6.07) is 8.13. The van der Waals surface area contributed by atoms with E-state index >= 15 is 0 Å². The summed E-state index contributed by atoms with van der Waals surface area (Å²) < 4.78 is 0. The highest BCUT2D eigenvalue weighted by molar-refractivity contribution is 7.09. The third-order valence-corrected chi connectivity index (χ3v) is 5.13. The van der Waals surface area contributed by atoms with Gasteiger partial charge in [0, 0.05) is 30.6 Å². The minimum Gasteiger partial charge on any atom is -0.349 e. The van der Waals surface area contributed by atoms with Crippen LogP contribution >= 0.6 is 11.3 Å². The van der Waals surface area contributed by atoms with E-state index in [1.165, 1.54) is 16.9 Å². The fourth-order valence-corrected chi connectivity index (χ4v) is 3.52. The van der Waals surface area contributed by atoms with Gasteiger partial charge in [0.1, 0.15) is 5.01 Å². The number of carbonyl (C=O) groups excluding carboxylic acids is 2. The molecule has 0 bridgehead atoms. The number of amides is 2. The number of aryl methyl sites for hydroxylation is 2. The number of hydrogen-bond acceptors (Lipinski definition) is 4. The molecule has 2 aromatic rings. The van der Waals surface area contributed by atoms with Gasteiger partial charge in [0.05, 0.1) is 12.5 Å². The molecule has 2 heterocycles. The fraction of sp³-hybridized carbons (Fsp3) is 0.389. The highest BCUT2D eigenvalue weighted by Gasteiger charge is 2.34. The molecule has 1 aromatic heterocycles. The van der Waals surface area contributed by atoms with Crippen molar-refractivity contribution in [1.29, 1.82) is 0 Å². The van der Waals surface area contributed by atoms with Crippen molar-refractivity contribution in [2.75, 3.05) is 6.54 Å². The zero-order chi connectivity index (χ0) is 17.1. The normalized spacial score (nSPS) is 17.3. The number of nitrogens with one attached hydrogen (secondary N) is 1. The Labute approximate surface area is 145 Å². The van der Waals surface area contributed by atoms with E-state index in [1.54, 1.807) is 4.90 Å². The molecule has 1 N–H and O–H groups in total. The molecule has 126 valence electrons. The second-order valence-corrected chi connectivity index (χ2v) is 7.20. The molecule has 2 amide bonds. The molecule has 24 heavy (non-hydrogen) atoms. The third kappa shape index (κ3) is 4.00. The fourth-order valence-electron chi connectivity index (χ4n) is 2.81. The van der Waals surface area contributed by atoms with E-state index in [2.05, 4.69) is 10.3 Å². The zero-order valence-corrected chi connectivity index (χ0v) is 14.7. The van der Waals surface area contributed by atoms with Gasteiger partial charge in [-0.3, -0.25) is 9.59 Å². The monoisotopic (exact) mass is 343 g/mol. The summed E-state index contributed by atoms with van der Waals surface area (Å²) in [5.74, 6) is -0.299. The van der Waals surface area contributed by atoms with Crippen LogP contribution in [0.3, 0.4) is 0 Å². The summed E-state index contributed by atoms with van der Waals surface area (Å²) in [7, 11) is 0. The second-order valence-electron chi connectivity index (χ2n) is 6.26. The molecule has 0 spiro atoms. The first-order chi connectivity index (χ1) is 11.5. The highest BCUT2D eigenvalue weighted by atomic mass is 32.1. The van der Waals surface area contributed by atoms with Crippen LogP contribution in [0.1, 0.15) is 28.2 Å². The van der Waals surface area contributed by atoms with Crippen LogP contribution in [0.2, 0.25) is 0 Å².